The van der Waals surface area contributed by atoms with Crippen molar-refractivity contribution in [1.82, 2.24) is 9.80 Å². The van der Waals surface area contributed by atoms with Crippen molar-refractivity contribution in [2.24, 2.45) is 10.7 Å². The summed E-state index contributed by atoms with van der Waals surface area (Å²) >= 11 is 2.06. The van der Waals surface area contributed by atoms with Gasteiger partial charge in [0.05, 0.1) is 12.1 Å². The molecule has 2 heterocycles. The molecule has 1 saturated heterocycles. The van der Waals surface area contributed by atoms with Crippen LogP contribution in [0.4, 0.5) is 0 Å². The average Bonchev–Trinajstić information content (AvgIpc) is 2.89. The van der Waals surface area contributed by atoms with Gasteiger partial charge in [0.2, 0.25) is 0 Å². The number of nitrogens with two attached hydrogens (primary N) is 1. The number of nitrogens with zero attached hydrogens (tertiary/aromatic N) is 3. The minimum atomic E-state index is 0.210. The van der Waals surface area contributed by atoms with Crippen LogP contribution in [0.3, 0.4) is 0 Å². The molecule has 0 aromatic heterocycles. The predicted molar refractivity (Wildman–Crippen MR) is 80.3 cm³/mol. The molecule has 0 aliphatic carbocycles. The van der Waals surface area contributed by atoms with E-state index in [1.165, 1.54) is 12.2 Å². The number of thioether (sulfide) groups is 1. The van der Waals surface area contributed by atoms with Crippen LogP contribution in [0.1, 0.15) is 27.2 Å². The Hall–Kier alpha value is -0.420. The topological polar surface area (TPSA) is 44.9 Å². The summed E-state index contributed by atoms with van der Waals surface area (Å²) in [5.74, 6) is 2.00. The average molecular weight is 270 g/mol. The first-order valence-corrected chi connectivity index (χ1v) is 8.10. The van der Waals surface area contributed by atoms with Crippen molar-refractivity contribution in [2.75, 3.05) is 38.5 Å². The maximum atomic E-state index is 6.11. The summed E-state index contributed by atoms with van der Waals surface area (Å²) in [4.78, 5) is 9.36. The van der Waals surface area contributed by atoms with Crippen molar-refractivity contribution < 1.29 is 0 Å². The van der Waals surface area contributed by atoms with E-state index >= 15 is 0 Å². The Morgan fingerprint density at radius 3 is 2.78 bits per heavy atom. The molecule has 2 unspecified atom stereocenters. The Morgan fingerprint density at radius 2 is 2.22 bits per heavy atom. The van der Waals surface area contributed by atoms with Crippen LogP contribution < -0.4 is 5.73 Å². The zero-order valence-electron chi connectivity index (χ0n) is 11.9. The maximum absolute atomic E-state index is 6.11. The van der Waals surface area contributed by atoms with Crippen molar-refractivity contribution in [2.45, 2.75) is 38.0 Å². The quantitative estimate of drug-likeness (QED) is 0.816. The molecule has 0 bridgehead atoms. The molecule has 2 aliphatic heterocycles. The summed E-state index contributed by atoms with van der Waals surface area (Å²) in [7, 11) is 0. The number of rotatable bonds is 5. The molecule has 0 saturated carbocycles. The predicted octanol–water partition coefficient (Wildman–Crippen LogP) is 1.22. The molecule has 1 spiro atoms. The number of aliphatic imine (C=N–C) groups is 1. The highest BCUT2D eigenvalue weighted by Crippen LogP contribution is 2.42. The standard InChI is InChI=1S/C13H26N4S/c1-4-16(5-2)7-8-17-12(14)15-10-13(17)6-9-18-11(13)3/h11H,4-10H2,1-3H3,(H2,14,15). The van der Waals surface area contributed by atoms with Gasteiger partial charge in [0.25, 0.3) is 0 Å². The van der Waals surface area contributed by atoms with Crippen LogP contribution in [-0.2, 0) is 0 Å². The largest absolute Gasteiger partial charge is 0.370 e. The third-order valence-electron chi connectivity index (χ3n) is 4.52. The molecule has 0 radical (unpaired) electrons. The van der Waals surface area contributed by atoms with Crippen molar-refractivity contribution in [1.29, 1.82) is 0 Å². The van der Waals surface area contributed by atoms with E-state index in [0.717, 1.165) is 38.7 Å². The van der Waals surface area contributed by atoms with Crippen LogP contribution in [0.15, 0.2) is 4.99 Å². The van der Waals surface area contributed by atoms with Gasteiger partial charge >= 0.3 is 0 Å². The summed E-state index contributed by atoms with van der Waals surface area (Å²) in [6.45, 7) is 12.0. The minimum absolute atomic E-state index is 0.210. The summed E-state index contributed by atoms with van der Waals surface area (Å²) in [5.41, 5.74) is 6.32. The van der Waals surface area contributed by atoms with E-state index in [-0.39, 0.29) is 5.54 Å². The van der Waals surface area contributed by atoms with Crippen molar-refractivity contribution >= 4 is 17.7 Å². The molecule has 0 aromatic rings. The van der Waals surface area contributed by atoms with Gasteiger partial charge in [-0.25, -0.2) is 0 Å². The van der Waals surface area contributed by atoms with Gasteiger partial charge in [-0.3, -0.25) is 4.99 Å². The first-order valence-electron chi connectivity index (χ1n) is 7.05. The Bertz CT molecular complexity index is 316. The summed E-state index contributed by atoms with van der Waals surface area (Å²) in [6, 6.07) is 0. The van der Waals surface area contributed by atoms with Crippen LogP contribution >= 0.6 is 11.8 Å². The van der Waals surface area contributed by atoms with E-state index in [0.29, 0.717) is 5.25 Å². The molecule has 1 fully saturated rings. The van der Waals surface area contributed by atoms with E-state index in [4.69, 9.17) is 5.73 Å². The smallest absolute Gasteiger partial charge is 0.191 e. The van der Waals surface area contributed by atoms with Crippen molar-refractivity contribution in [3.05, 3.63) is 0 Å². The third kappa shape index (κ3) is 2.35. The minimum Gasteiger partial charge on any atom is -0.370 e. The highest BCUT2D eigenvalue weighted by Gasteiger charge is 2.49. The molecule has 4 nitrogen and oxygen atoms in total. The van der Waals surface area contributed by atoms with E-state index < -0.39 is 0 Å². The van der Waals surface area contributed by atoms with Gasteiger partial charge in [-0.15, -0.1) is 0 Å². The molecule has 18 heavy (non-hydrogen) atoms. The lowest BCUT2D eigenvalue weighted by Crippen LogP contribution is -2.56. The maximum Gasteiger partial charge on any atom is 0.191 e. The molecular formula is C13H26N4S. The molecular weight excluding hydrogens is 244 g/mol. The van der Waals surface area contributed by atoms with Gasteiger partial charge in [-0.1, -0.05) is 20.8 Å². The fourth-order valence-electron chi connectivity index (χ4n) is 3.07. The summed E-state index contributed by atoms with van der Waals surface area (Å²) < 4.78 is 0. The molecule has 2 aliphatic rings. The lowest BCUT2D eigenvalue weighted by Gasteiger charge is -2.40. The highest BCUT2D eigenvalue weighted by atomic mass is 32.2. The Kier molecular flexibility index (Phi) is 4.43. The molecule has 104 valence electrons. The highest BCUT2D eigenvalue weighted by molar-refractivity contribution is 8.00. The third-order valence-corrected chi connectivity index (χ3v) is 5.90. The monoisotopic (exact) mass is 270 g/mol. The van der Waals surface area contributed by atoms with Crippen LogP contribution in [0.2, 0.25) is 0 Å². The Balaban J connectivity index is 2.02. The molecule has 5 heteroatoms. The van der Waals surface area contributed by atoms with Crippen molar-refractivity contribution in [3.63, 3.8) is 0 Å². The molecule has 0 aromatic carbocycles. The van der Waals surface area contributed by atoms with Gasteiger partial charge < -0.3 is 15.5 Å². The molecule has 2 rings (SSSR count). The zero-order valence-corrected chi connectivity index (χ0v) is 12.7. The molecule has 2 atom stereocenters. The van der Waals surface area contributed by atoms with Crippen LogP contribution in [-0.4, -0.2) is 65.0 Å². The number of guanidine groups is 1. The van der Waals surface area contributed by atoms with E-state index in [1.807, 2.05) is 0 Å². The zero-order chi connectivity index (χ0) is 13.2. The number of hydrogen-bond acceptors (Lipinski definition) is 5. The van der Waals surface area contributed by atoms with Gasteiger partial charge in [0.15, 0.2) is 5.96 Å². The summed E-state index contributed by atoms with van der Waals surface area (Å²) in [5, 5.41) is 0.638. The normalized spacial score (nSPS) is 31.7. The van der Waals surface area contributed by atoms with Crippen LogP contribution in [0.25, 0.3) is 0 Å². The SMILES string of the molecule is CCN(CC)CCN1C(N)=NCC12CCSC2C. The van der Waals surface area contributed by atoms with E-state index in [9.17, 15) is 0 Å². The van der Waals surface area contributed by atoms with Crippen LogP contribution in [0, 0.1) is 0 Å². The van der Waals surface area contributed by atoms with Gasteiger partial charge in [-0.05, 0) is 25.3 Å². The second kappa shape index (κ2) is 5.70. The van der Waals surface area contributed by atoms with Gasteiger partial charge in [0.1, 0.15) is 0 Å². The van der Waals surface area contributed by atoms with E-state index in [1.54, 1.807) is 0 Å². The first kappa shape index (κ1) is 14.0. The number of likely N-dealkylation sites (N-methyl/N-ethyl adjacent to an activating group) is 1. The number of hydrogen-bond donors (Lipinski definition) is 1. The lowest BCUT2D eigenvalue weighted by atomic mass is 9.91. The Labute approximate surface area is 115 Å². The second-order valence-corrected chi connectivity index (χ2v) is 6.67. The van der Waals surface area contributed by atoms with E-state index in [2.05, 4.69) is 47.3 Å². The first-order chi connectivity index (χ1) is 8.64. The van der Waals surface area contributed by atoms with Crippen LogP contribution in [0.5, 0.6) is 0 Å². The fourth-order valence-corrected chi connectivity index (χ4v) is 4.52. The summed E-state index contributed by atoms with van der Waals surface area (Å²) in [6.07, 6.45) is 1.22. The second-order valence-electron chi connectivity index (χ2n) is 5.22. The van der Waals surface area contributed by atoms with Gasteiger partial charge in [0, 0.05) is 18.3 Å². The fraction of sp³-hybridized carbons (Fsp3) is 0.923. The van der Waals surface area contributed by atoms with Crippen molar-refractivity contribution in [3.8, 4) is 0 Å². The molecule has 0 amide bonds. The lowest BCUT2D eigenvalue weighted by molar-refractivity contribution is 0.174. The Morgan fingerprint density at radius 1 is 1.50 bits per heavy atom. The van der Waals surface area contributed by atoms with Gasteiger partial charge in [-0.2, -0.15) is 11.8 Å². The molecule has 2 N–H and O–H groups in total.